The predicted molar refractivity (Wildman–Crippen MR) is 75.0 cm³/mol. The van der Waals surface area contributed by atoms with Crippen LogP contribution in [0.2, 0.25) is 0 Å². The molecule has 1 saturated heterocycles. The van der Waals surface area contributed by atoms with Gasteiger partial charge in [0.1, 0.15) is 0 Å². The highest BCUT2D eigenvalue weighted by Crippen LogP contribution is 2.20. The number of amides is 1. The number of likely N-dealkylation sites (tertiary alicyclic amines) is 1. The molecule has 1 fully saturated rings. The van der Waals surface area contributed by atoms with E-state index < -0.39 is 0 Å². The Morgan fingerprint density at radius 3 is 2.95 bits per heavy atom. The number of nitrogens with one attached hydrogen (secondary N) is 2. The van der Waals surface area contributed by atoms with Crippen LogP contribution in [0.4, 0.5) is 5.69 Å². The number of benzene rings is 1. The SMILES string of the molecule is CC(=O)N1CCC(Nc2ccc3[nH]ncc3c2)CC1. The molecule has 1 aliphatic rings. The van der Waals surface area contributed by atoms with Crippen LogP contribution < -0.4 is 5.32 Å². The number of aromatic amines is 1. The summed E-state index contributed by atoms with van der Waals surface area (Å²) in [5.41, 5.74) is 2.17. The smallest absolute Gasteiger partial charge is 0.219 e. The molecule has 100 valence electrons. The van der Waals surface area contributed by atoms with E-state index in [9.17, 15) is 4.79 Å². The number of hydrogen-bond acceptors (Lipinski definition) is 3. The van der Waals surface area contributed by atoms with Gasteiger partial charge in [-0.05, 0) is 31.0 Å². The van der Waals surface area contributed by atoms with E-state index in [0.29, 0.717) is 6.04 Å². The van der Waals surface area contributed by atoms with Gasteiger partial charge >= 0.3 is 0 Å². The van der Waals surface area contributed by atoms with Gasteiger partial charge in [0.15, 0.2) is 0 Å². The molecule has 19 heavy (non-hydrogen) atoms. The number of hydrogen-bond donors (Lipinski definition) is 2. The van der Waals surface area contributed by atoms with Gasteiger partial charge in [0, 0.05) is 37.1 Å². The Balaban J connectivity index is 1.64. The number of carbonyl (C=O) groups is 1. The Bertz CT molecular complexity index is 584. The van der Waals surface area contributed by atoms with E-state index in [0.717, 1.165) is 42.5 Å². The van der Waals surface area contributed by atoms with Gasteiger partial charge in [-0.15, -0.1) is 0 Å². The van der Waals surface area contributed by atoms with Crippen molar-refractivity contribution >= 4 is 22.5 Å². The number of carbonyl (C=O) groups excluding carboxylic acids is 1. The Morgan fingerprint density at radius 1 is 1.42 bits per heavy atom. The minimum atomic E-state index is 0.179. The fourth-order valence-electron chi connectivity index (χ4n) is 2.61. The van der Waals surface area contributed by atoms with Crippen LogP contribution in [0.3, 0.4) is 0 Å². The summed E-state index contributed by atoms with van der Waals surface area (Å²) >= 11 is 0. The van der Waals surface area contributed by atoms with Crippen molar-refractivity contribution in [3.63, 3.8) is 0 Å². The number of aromatic nitrogens is 2. The van der Waals surface area contributed by atoms with E-state index in [1.54, 1.807) is 6.92 Å². The Labute approximate surface area is 112 Å². The zero-order valence-electron chi connectivity index (χ0n) is 11.0. The Morgan fingerprint density at radius 2 is 2.21 bits per heavy atom. The fraction of sp³-hybridized carbons (Fsp3) is 0.429. The zero-order valence-corrected chi connectivity index (χ0v) is 11.0. The van der Waals surface area contributed by atoms with Crippen molar-refractivity contribution in [3.8, 4) is 0 Å². The maximum absolute atomic E-state index is 11.3. The van der Waals surface area contributed by atoms with Crippen molar-refractivity contribution in [1.82, 2.24) is 15.1 Å². The zero-order chi connectivity index (χ0) is 13.2. The number of H-pyrrole nitrogens is 1. The number of piperidine rings is 1. The highest BCUT2D eigenvalue weighted by atomic mass is 16.2. The van der Waals surface area contributed by atoms with Gasteiger partial charge in [0.25, 0.3) is 0 Å². The number of fused-ring (bicyclic) bond motifs is 1. The van der Waals surface area contributed by atoms with E-state index >= 15 is 0 Å². The maximum Gasteiger partial charge on any atom is 0.219 e. The van der Waals surface area contributed by atoms with Crippen molar-refractivity contribution in [2.24, 2.45) is 0 Å². The summed E-state index contributed by atoms with van der Waals surface area (Å²) < 4.78 is 0. The van der Waals surface area contributed by atoms with Crippen molar-refractivity contribution < 1.29 is 4.79 Å². The molecule has 0 atom stereocenters. The van der Waals surface area contributed by atoms with Gasteiger partial charge in [-0.25, -0.2) is 0 Å². The van der Waals surface area contributed by atoms with Crippen LogP contribution >= 0.6 is 0 Å². The standard InChI is InChI=1S/C14H18N4O/c1-10(19)18-6-4-12(5-7-18)16-13-2-3-14-11(8-13)9-15-17-14/h2-3,8-9,12,16H,4-7H2,1H3,(H,15,17). The quantitative estimate of drug-likeness (QED) is 0.866. The lowest BCUT2D eigenvalue weighted by molar-refractivity contribution is -0.129. The summed E-state index contributed by atoms with van der Waals surface area (Å²) in [6.07, 6.45) is 3.84. The lowest BCUT2D eigenvalue weighted by atomic mass is 10.0. The predicted octanol–water partition coefficient (Wildman–Crippen LogP) is 1.99. The van der Waals surface area contributed by atoms with Crippen LogP contribution in [0.5, 0.6) is 0 Å². The van der Waals surface area contributed by atoms with E-state index in [1.165, 1.54) is 0 Å². The minimum absolute atomic E-state index is 0.179. The van der Waals surface area contributed by atoms with Gasteiger partial charge in [-0.3, -0.25) is 9.89 Å². The molecule has 1 aromatic heterocycles. The van der Waals surface area contributed by atoms with Crippen LogP contribution in [0, 0.1) is 0 Å². The normalized spacial score (nSPS) is 16.8. The van der Waals surface area contributed by atoms with Gasteiger partial charge in [-0.2, -0.15) is 5.10 Å². The van der Waals surface area contributed by atoms with Crippen molar-refractivity contribution in [1.29, 1.82) is 0 Å². The van der Waals surface area contributed by atoms with Crippen LogP contribution in [0.25, 0.3) is 10.9 Å². The molecule has 5 nitrogen and oxygen atoms in total. The summed E-state index contributed by atoms with van der Waals surface area (Å²) in [5, 5.41) is 11.6. The third-order valence-electron chi connectivity index (χ3n) is 3.75. The summed E-state index contributed by atoms with van der Waals surface area (Å²) in [5.74, 6) is 0.179. The lowest BCUT2D eigenvalue weighted by Gasteiger charge is -2.32. The lowest BCUT2D eigenvalue weighted by Crippen LogP contribution is -2.41. The van der Waals surface area contributed by atoms with E-state index in [-0.39, 0.29) is 5.91 Å². The first kappa shape index (κ1) is 12.0. The van der Waals surface area contributed by atoms with Gasteiger partial charge < -0.3 is 10.2 Å². The van der Waals surface area contributed by atoms with Gasteiger partial charge in [0.2, 0.25) is 5.91 Å². The molecule has 0 aliphatic carbocycles. The van der Waals surface area contributed by atoms with E-state index in [4.69, 9.17) is 0 Å². The number of nitrogens with zero attached hydrogens (tertiary/aromatic N) is 2. The highest BCUT2D eigenvalue weighted by Gasteiger charge is 2.20. The fourth-order valence-corrected chi connectivity index (χ4v) is 2.61. The van der Waals surface area contributed by atoms with Crippen LogP contribution in [-0.4, -0.2) is 40.1 Å². The third-order valence-corrected chi connectivity index (χ3v) is 3.75. The molecular formula is C14H18N4O. The first-order chi connectivity index (χ1) is 9.22. The molecule has 0 spiro atoms. The molecule has 3 rings (SSSR count). The van der Waals surface area contributed by atoms with E-state index in [1.807, 2.05) is 17.2 Å². The van der Waals surface area contributed by atoms with E-state index in [2.05, 4.69) is 27.6 Å². The monoisotopic (exact) mass is 258 g/mol. The molecule has 0 saturated carbocycles. The molecule has 0 unspecified atom stereocenters. The molecule has 2 N–H and O–H groups in total. The number of rotatable bonds is 2. The largest absolute Gasteiger partial charge is 0.382 e. The van der Waals surface area contributed by atoms with Crippen molar-refractivity contribution in [2.75, 3.05) is 18.4 Å². The molecule has 0 bridgehead atoms. The maximum atomic E-state index is 11.3. The molecule has 1 aromatic carbocycles. The molecule has 2 aromatic rings. The summed E-state index contributed by atoms with van der Waals surface area (Å²) in [4.78, 5) is 13.2. The van der Waals surface area contributed by atoms with Gasteiger partial charge in [0.05, 0.1) is 11.7 Å². The molecular weight excluding hydrogens is 240 g/mol. The summed E-state index contributed by atoms with van der Waals surface area (Å²) in [6.45, 7) is 3.34. The van der Waals surface area contributed by atoms with Crippen LogP contribution in [-0.2, 0) is 4.79 Å². The Hall–Kier alpha value is -2.04. The van der Waals surface area contributed by atoms with Crippen LogP contribution in [0.15, 0.2) is 24.4 Å². The first-order valence-electron chi connectivity index (χ1n) is 6.67. The number of anilines is 1. The molecule has 5 heteroatoms. The molecule has 1 aliphatic heterocycles. The second kappa shape index (κ2) is 4.91. The molecule has 1 amide bonds. The van der Waals surface area contributed by atoms with Crippen molar-refractivity contribution in [2.45, 2.75) is 25.8 Å². The average molecular weight is 258 g/mol. The first-order valence-corrected chi connectivity index (χ1v) is 6.67. The third kappa shape index (κ3) is 2.54. The topological polar surface area (TPSA) is 61.0 Å². The summed E-state index contributed by atoms with van der Waals surface area (Å²) in [6, 6.07) is 6.66. The van der Waals surface area contributed by atoms with Gasteiger partial charge in [-0.1, -0.05) is 0 Å². The Kier molecular flexibility index (Phi) is 3.11. The highest BCUT2D eigenvalue weighted by molar-refractivity contribution is 5.81. The van der Waals surface area contributed by atoms with Crippen LogP contribution in [0.1, 0.15) is 19.8 Å². The molecule has 0 radical (unpaired) electrons. The second-order valence-electron chi connectivity index (χ2n) is 5.10. The molecule has 2 heterocycles. The average Bonchev–Trinajstić information content (AvgIpc) is 2.87. The minimum Gasteiger partial charge on any atom is -0.382 e. The summed E-state index contributed by atoms with van der Waals surface area (Å²) in [7, 11) is 0. The van der Waals surface area contributed by atoms with Crippen molar-refractivity contribution in [3.05, 3.63) is 24.4 Å². The second-order valence-corrected chi connectivity index (χ2v) is 5.10.